The summed E-state index contributed by atoms with van der Waals surface area (Å²) < 4.78 is 0. The van der Waals surface area contributed by atoms with Crippen LogP contribution in [0.4, 0.5) is 0 Å². The van der Waals surface area contributed by atoms with Crippen LogP contribution in [-0.2, 0) is 4.89 Å². The van der Waals surface area contributed by atoms with Crippen molar-refractivity contribution in [3.63, 3.8) is 0 Å². The molecule has 1 aliphatic carbocycles. The van der Waals surface area contributed by atoms with E-state index in [1.54, 1.807) is 0 Å². The minimum atomic E-state index is 0.0775. The Bertz CT molecular complexity index is 134. The van der Waals surface area contributed by atoms with Gasteiger partial charge in [-0.15, -0.1) is 0 Å². The van der Waals surface area contributed by atoms with Crippen LogP contribution in [0.3, 0.4) is 0 Å². The largest absolute Gasteiger partial charge is 0.252 e. The molecule has 72 valence electrons. The molecule has 0 heterocycles. The summed E-state index contributed by atoms with van der Waals surface area (Å²) in [4.78, 5) is 4.54. The third-order valence-electron chi connectivity index (χ3n) is 3.10. The second-order valence-electron chi connectivity index (χ2n) is 4.47. The molecule has 3 atom stereocenters. The average molecular weight is 172 g/mol. The molecule has 2 nitrogen and oxygen atoms in total. The predicted molar refractivity (Wildman–Crippen MR) is 48.8 cm³/mol. The Morgan fingerprint density at radius 2 is 2.00 bits per heavy atom. The van der Waals surface area contributed by atoms with Gasteiger partial charge in [0.2, 0.25) is 0 Å². The molecule has 0 saturated heterocycles. The first-order chi connectivity index (χ1) is 5.65. The lowest BCUT2D eigenvalue weighted by Crippen LogP contribution is -2.33. The second-order valence-corrected chi connectivity index (χ2v) is 4.47. The summed E-state index contributed by atoms with van der Waals surface area (Å²) in [5.74, 6) is 1.87. The van der Waals surface area contributed by atoms with E-state index in [1.165, 1.54) is 12.8 Å². The lowest BCUT2D eigenvalue weighted by Gasteiger charge is -2.34. The van der Waals surface area contributed by atoms with Gasteiger partial charge in [-0.1, -0.05) is 27.2 Å². The van der Waals surface area contributed by atoms with Crippen molar-refractivity contribution < 1.29 is 10.1 Å². The van der Waals surface area contributed by atoms with Crippen molar-refractivity contribution in [2.45, 2.75) is 46.1 Å². The molecule has 1 saturated carbocycles. The fraction of sp³-hybridized carbons (Fsp3) is 1.00. The highest BCUT2D eigenvalue weighted by molar-refractivity contribution is 4.80. The highest BCUT2D eigenvalue weighted by Crippen LogP contribution is 2.34. The van der Waals surface area contributed by atoms with Crippen molar-refractivity contribution in [2.24, 2.45) is 17.8 Å². The molecule has 0 aromatic rings. The average Bonchev–Trinajstić information content (AvgIpc) is 2.03. The molecule has 0 aliphatic heterocycles. The predicted octanol–water partition coefficient (Wildman–Crippen LogP) is 2.94. The molecule has 0 bridgehead atoms. The maximum absolute atomic E-state index is 8.73. The van der Waals surface area contributed by atoms with E-state index in [0.717, 1.165) is 6.42 Å². The minimum Gasteiger partial charge on any atom is -0.252 e. The zero-order valence-corrected chi connectivity index (χ0v) is 8.29. The van der Waals surface area contributed by atoms with Crippen LogP contribution in [0, 0.1) is 17.8 Å². The standard InChI is InChI=1S/C10H20O2/c1-7(2)9-5-4-8(3)6-10(9)12-11/h7-11H,4-6H2,1-3H3/t8-,9-,10-/m0/s1. The van der Waals surface area contributed by atoms with Crippen LogP contribution in [0.25, 0.3) is 0 Å². The summed E-state index contributed by atoms with van der Waals surface area (Å²) in [7, 11) is 0. The Kier molecular flexibility index (Phi) is 3.53. The molecule has 2 heteroatoms. The summed E-state index contributed by atoms with van der Waals surface area (Å²) in [6.07, 6.45) is 3.57. The molecule has 1 N–H and O–H groups in total. The van der Waals surface area contributed by atoms with E-state index in [0.29, 0.717) is 17.8 Å². The molecule has 0 aromatic heterocycles. The molecule has 0 spiro atoms. The van der Waals surface area contributed by atoms with Gasteiger partial charge in [-0.25, -0.2) is 4.89 Å². The van der Waals surface area contributed by atoms with Gasteiger partial charge in [0.25, 0.3) is 0 Å². The van der Waals surface area contributed by atoms with Crippen molar-refractivity contribution in [3.8, 4) is 0 Å². The Hall–Kier alpha value is -0.0800. The smallest absolute Gasteiger partial charge is 0.0960 e. The van der Waals surface area contributed by atoms with Crippen LogP contribution in [0.15, 0.2) is 0 Å². The van der Waals surface area contributed by atoms with E-state index >= 15 is 0 Å². The van der Waals surface area contributed by atoms with Crippen molar-refractivity contribution >= 4 is 0 Å². The fourth-order valence-electron chi connectivity index (χ4n) is 2.24. The van der Waals surface area contributed by atoms with Crippen LogP contribution in [0.5, 0.6) is 0 Å². The maximum Gasteiger partial charge on any atom is 0.0960 e. The van der Waals surface area contributed by atoms with Gasteiger partial charge in [-0.2, -0.15) is 0 Å². The van der Waals surface area contributed by atoms with Gasteiger partial charge in [0.15, 0.2) is 0 Å². The lowest BCUT2D eigenvalue weighted by molar-refractivity contribution is -0.301. The SMILES string of the molecule is CC(C)[C@@H]1CC[C@H](C)C[C@@H]1OO. The van der Waals surface area contributed by atoms with Gasteiger partial charge in [0.05, 0.1) is 6.10 Å². The fourth-order valence-corrected chi connectivity index (χ4v) is 2.24. The van der Waals surface area contributed by atoms with Gasteiger partial charge in [0, 0.05) is 0 Å². The van der Waals surface area contributed by atoms with Gasteiger partial charge < -0.3 is 0 Å². The van der Waals surface area contributed by atoms with E-state index < -0.39 is 0 Å². The van der Waals surface area contributed by atoms with E-state index in [-0.39, 0.29) is 6.10 Å². The van der Waals surface area contributed by atoms with Crippen molar-refractivity contribution in [3.05, 3.63) is 0 Å². The van der Waals surface area contributed by atoms with Gasteiger partial charge in [0.1, 0.15) is 0 Å². The van der Waals surface area contributed by atoms with Crippen LogP contribution in [0.2, 0.25) is 0 Å². The molecule has 1 rings (SSSR count). The van der Waals surface area contributed by atoms with Crippen molar-refractivity contribution in [2.75, 3.05) is 0 Å². The maximum atomic E-state index is 8.73. The second kappa shape index (κ2) is 4.24. The molecule has 1 aliphatic rings. The highest BCUT2D eigenvalue weighted by Gasteiger charge is 2.31. The zero-order valence-electron chi connectivity index (χ0n) is 8.29. The lowest BCUT2D eigenvalue weighted by atomic mass is 9.75. The van der Waals surface area contributed by atoms with E-state index in [2.05, 4.69) is 25.7 Å². The van der Waals surface area contributed by atoms with Crippen LogP contribution >= 0.6 is 0 Å². The molecular weight excluding hydrogens is 152 g/mol. The molecule has 1 fully saturated rings. The summed E-state index contributed by atoms with van der Waals surface area (Å²) >= 11 is 0. The first-order valence-corrected chi connectivity index (χ1v) is 4.95. The third kappa shape index (κ3) is 2.20. The molecule has 0 aromatic carbocycles. The molecule has 12 heavy (non-hydrogen) atoms. The summed E-state index contributed by atoms with van der Waals surface area (Å²) in [5.41, 5.74) is 0. The monoisotopic (exact) mass is 172 g/mol. The molecular formula is C10H20O2. The quantitative estimate of drug-likeness (QED) is 0.512. The minimum absolute atomic E-state index is 0.0775. The van der Waals surface area contributed by atoms with E-state index in [9.17, 15) is 0 Å². The van der Waals surface area contributed by atoms with Gasteiger partial charge in [-0.05, 0) is 30.6 Å². The highest BCUT2D eigenvalue weighted by atomic mass is 17.1. The number of hydrogen-bond donors (Lipinski definition) is 1. The van der Waals surface area contributed by atoms with Gasteiger partial charge >= 0.3 is 0 Å². The molecule has 0 unspecified atom stereocenters. The number of rotatable bonds is 2. The van der Waals surface area contributed by atoms with Crippen molar-refractivity contribution in [1.29, 1.82) is 0 Å². The van der Waals surface area contributed by atoms with Gasteiger partial charge in [-0.3, -0.25) is 5.26 Å². The summed E-state index contributed by atoms with van der Waals surface area (Å²) in [5, 5.41) is 8.73. The van der Waals surface area contributed by atoms with Crippen molar-refractivity contribution in [1.82, 2.24) is 0 Å². The third-order valence-corrected chi connectivity index (χ3v) is 3.10. The Morgan fingerprint density at radius 3 is 2.50 bits per heavy atom. The Labute approximate surface area is 74.9 Å². The van der Waals surface area contributed by atoms with Crippen LogP contribution in [-0.4, -0.2) is 11.4 Å². The van der Waals surface area contributed by atoms with Crippen LogP contribution < -0.4 is 0 Å². The topological polar surface area (TPSA) is 29.5 Å². The first-order valence-electron chi connectivity index (χ1n) is 4.95. The van der Waals surface area contributed by atoms with E-state index in [4.69, 9.17) is 5.26 Å². The first kappa shape index (κ1) is 10.0. The Morgan fingerprint density at radius 1 is 1.33 bits per heavy atom. The summed E-state index contributed by atoms with van der Waals surface area (Å²) in [6, 6.07) is 0. The van der Waals surface area contributed by atoms with Crippen LogP contribution in [0.1, 0.15) is 40.0 Å². The number of hydrogen-bond acceptors (Lipinski definition) is 2. The molecule has 0 radical (unpaired) electrons. The molecule has 0 amide bonds. The zero-order chi connectivity index (χ0) is 9.14. The Balaban J connectivity index is 2.50. The summed E-state index contributed by atoms with van der Waals surface area (Å²) in [6.45, 7) is 6.63. The van der Waals surface area contributed by atoms with E-state index in [1.807, 2.05) is 0 Å². The normalized spacial score (nSPS) is 37.2.